The van der Waals surface area contributed by atoms with Crippen LogP contribution in [0.2, 0.25) is 0 Å². The molecule has 0 bridgehead atoms. The summed E-state index contributed by atoms with van der Waals surface area (Å²) in [5.41, 5.74) is 0.852. The van der Waals surface area contributed by atoms with Crippen molar-refractivity contribution in [1.29, 1.82) is 0 Å². The molecule has 18 heavy (non-hydrogen) atoms. The summed E-state index contributed by atoms with van der Waals surface area (Å²) in [4.78, 5) is 0.925. The van der Waals surface area contributed by atoms with Crippen LogP contribution in [-0.4, -0.2) is 14.2 Å². The van der Waals surface area contributed by atoms with Gasteiger partial charge in [-0.15, -0.1) is 18.3 Å². The molecule has 3 nitrogen and oxygen atoms in total. The van der Waals surface area contributed by atoms with Crippen LogP contribution in [0.15, 0.2) is 40.6 Å². The first-order valence-corrected chi connectivity index (χ1v) is 8.11. The van der Waals surface area contributed by atoms with Crippen molar-refractivity contribution >= 4 is 21.8 Å². The highest BCUT2D eigenvalue weighted by atomic mass is 32.2. The lowest BCUT2D eigenvalue weighted by atomic mass is 9.87. The van der Waals surface area contributed by atoms with Crippen molar-refractivity contribution in [3.63, 3.8) is 0 Å². The lowest BCUT2D eigenvalue weighted by molar-refractivity contribution is 0.568. The number of primary sulfonamides is 1. The van der Waals surface area contributed by atoms with Crippen molar-refractivity contribution in [3.05, 3.63) is 36.4 Å². The minimum absolute atomic E-state index is 0.135. The smallest absolute Gasteiger partial charge is 0.225 e. The fourth-order valence-corrected chi connectivity index (χ4v) is 3.81. The summed E-state index contributed by atoms with van der Waals surface area (Å²) in [6.45, 7) is 9.80. The largest absolute Gasteiger partial charge is 0.239 e. The summed E-state index contributed by atoms with van der Waals surface area (Å²) in [6, 6.07) is 5.23. The maximum atomic E-state index is 11.6. The van der Waals surface area contributed by atoms with E-state index in [9.17, 15) is 8.42 Å². The van der Waals surface area contributed by atoms with Crippen LogP contribution in [0.3, 0.4) is 0 Å². The van der Waals surface area contributed by atoms with E-state index in [1.54, 1.807) is 18.2 Å². The van der Waals surface area contributed by atoms with E-state index in [2.05, 4.69) is 6.58 Å². The molecule has 0 saturated carbocycles. The van der Waals surface area contributed by atoms with E-state index in [0.717, 1.165) is 10.5 Å². The van der Waals surface area contributed by atoms with Crippen molar-refractivity contribution in [1.82, 2.24) is 0 Å². The van der Waals surface area contributed by atoms with Crippen LogP contribution in [0.5, 0.6) is 0 Å². The zero-order valence-electron chi connectivity index (χ0n) is 10.9. The standard InChI is InChI=1S/C13H19NO2S2/c1-5-9-17-12-10(13(2,3)4)7-6-8-11(12)18(14,15)16/h5-8H,1,9H2,2-4H3,(H2,14,15,16). The topological polar surface area (TPSA) is 60.2 Å². The third kappa shape index (κ3) is 3.60. The summed E-state index contributed by atoms with van der Waals surface area (Å²) in [7, 11) is -3.70. The molecule has 0 aliphatic carbocycles. The summed E-state index contributed by atoms with van der Waals surface area (Å²) in [5.74, 6) is 0.648. The van der Waals surface area contributed by atoms with Gasteiger partial charge in [0.2, 0.25) is 10.0 Å². The molecule has 0 aromatic heterocycles. The second-order valence-corrected chi connectivity index (χ2v) is 7.59. The highest BCUT2D eigenvalue weighted by Crippen LogP contribution is 2.36. The summed E-state index contributed by atoms with van der Waals surface area (Å²) in [5, 5.41) is 5.27. The molecule has 0 fully saturated rings. The third-order valence-electron chi connectivity index (χ3n) is 2.44. The van der Waals surface area contributed by atoms with E-state index in [1.165, 1.54) is 11.8 Å². The molecule has 0 saturated heterocycles. The van der Waals surface area contributed by atoms with Crippen LogP contribution in [0.25, 0.3) is 0 Å². The Balaban J connectivity index is 3.50. The monoisotopic (exact) mass is 285 g/mol. The Hall–Kier alpha value is -0.780. The Kier molecular flexibility index (Phi) is 4.64. The van der Waals surface area contributed by atoms with Gasteiger partial charge in [0.15, 0.2) is 0 Å². The quantitative estimate of drug-likeness (QED) is 0.683. The van der Waals surface area contributed by atoms with E-state index in [0.29, 0.717) is 5.75 Å². The van der Waals surface area contributed by atoms with Crippen LogP contribution in [-0.2, 0) is 15.4 Å². The van der Waals surface area contributed by atoms with Crippen molar-refractivity contribution in [3.8, 4) is 0 Å². The van der Waals surface area contributed by atoms with Crippen molar-refractivity contribution in [2.24, 2.45) is 5.14 Å². The van der Waals surface area contributed by atoms with E-state index in [-0.39, 0.29) is 10.3 Å². The predicted molar refractivity (Wildman–Crippen MR) is 77.4 cm³/mol. The zero-order valence-corrected chi connectivity index (χ0v) is 12.6. The van der Waals surface area contributed by atoms with Crippen molar-refractivity contribution < 1.29 is 8.42 Å². The fraction of sp³-hybridized carbons (Fsp3) is 0.385. The minimum Gasteiger partial charge on any atom is -0.225 e. The van der Waals surface area contributed by atoms with Gasteiger partial charge in [-0.1, -0.05) is 39.0 Å². The summed E-state index contributed by atoms with van der Waals surface area (Å²) < 4.78 is 23.3. The molecule has 0 radical (unpaired) electrons. The van der Waals surface area contributed by atoms with Crippen LogP contribution in [0.1, 0.15) is 26.3 Å². The summed E-state index contributed by atoms with van der Waals surface area (Å²) >= 11 is 1.45. The molecule has 1 aromatic rings. The molecule has 100 valence electrons. The lowest BCUT2D eigenvalue weighted by Gasteiger charge is -2.23. The lowest BCUT2D eigenvalue weighted by Crippen LogP contribution is -2.18. The second-order valence-electron chi connectivity index (χ2n) is 5.03. The molecular formula is C13H19NO2S2. The normalized spacial score (nSPS) is 12.4. The van der Waals surface area contributed by atoms with Crippen LogP contribution >= 0.6 is 11.8 Å². The highest BCUT2D eigenvalue weighted by molar-refractivity contribution is 8.00. The van der Waals surface area contributed by atoms with Crippen LogP contribution in [0, 0.1) is 0 Å². The first-order chi connectivity index (χ1) is 8.18. The Morgan fingerprint density at radius 1 is 1.39 bits per heavy atom. The van der Waals surface area contributed by atoms with Gasteiger partial charge in [-0.25, -0.2) is 13.6 Å². The molecule has 0 amide bonds. The third-order valence-corrected chi connectivity index (χ3v) is 4.65. The molecule has 2 N–H and O–H groups in total. The number of nitrogens with two attached hydrogens (primary N) is 1. The van der Waals surface area contributed by atoms with Crippen molar-refractivity contribution in [2.45, 2.75) is 36.0 Å². The van der Waals surface area contributed by atoms with E-state index in [1.807, 2.05) is 26.8 Å². The van der Waals surface area contributed by atoms with Gasteiger partial charge in [-0.05, 0) is 17.0 Å². The molecule has 0 spiro atoms. The average Bonchev–Trinajstić information content (AvgIpc) is 2.23. The van der Waals surface area contributed by atoms with E-state index >= 15 is 0 Å². The van der Waals surface area contributed by atoms with E-state index in [4.69, 9.17) is 5.14 Å². The SMILES string of the molecule is C=CCSc1c(C(C)(C)C)cccc1S(N)(=O)=O. The van der Waals surface area contributed by atoms with Gasteiger partial charge in [-0.3, -0.25) is 0 Å². The number of rotatable bonds is 4. The van der Waals surface area contributed by atoms with Crippen molar-refractivity contribution in [2.75, 3.05) is 5.75 Å². The number of sulfonamides is 1. The van der Waals surface area contributed by atoms with Gasteiger partial charge < -0.3 is 0 Å². The molecule has 0 heterocycles. The van der Waals surface area contributed by atoms with Gasteiger partial charge in [-0.2, -0.15) is 0 Å². The summed E-state index contributed by atoms with van der Waals surface area (Å²) in [6.07, 6.45) is 1.75. The Labute approximate surface area is 114 Å². The Morgan fingerprint density at radius 2 is 2.00 bits per heavy atom. The van der Waals surface area contributed by atoms with Gasteiger partial charge in [0.05, 0.1) is 4.90 Å². The fourth-order valence-electron chi connectivity index (χ4n) is 1.62. The van der Waals surface area contributed by atoms with Gasteiger partial charge in [0, 0.05) is 10.6 Å². The maximum absolute atomic E-state index is 11.6. The minimum atomic E-state index is -3.70. The molecule has 0 aliphatic heterocycles. The highest BCUT2D eigenvalue weighted by Gasteiger charge is 2.23. The number of hydrogen-bond acceptors (Lipinski definition) is 3. The molecule has 5 heteroatoms. The first-order valence-electron chi connectivity index (χ1n) is 5.58. The second kappa shape index (κ2) is 5.47. The van der Waals surface area contributed by atoms with Gasteiger partial charge >= 0.3 is 0 Å². The molecular weight excluding hydrogens is 266 g/mol. The van der Waals surface area contributed by atoms with Gasteiger partial charge in [0.1, 0.15) is 0 Å². The van der Waals surface area contributed by atoms with E-state index < -0.39 is 10.0 Å². The number of thioether (sulfide) groups is 1. The molecule has 0 unspecified atom stereocenters. The first kappa shape index (κ1) is 15.3. The van der Waals surface area contributed by atoms with Crippen LogP contribution in [0.4, 0.5) is 0 Å². The number of hydrogen-bond donors (Lipinski definition) is 1. The van der Waals surface area contributed by atoms with Crippen LogP contribution < -0.4 is 5.14 Å². The molecule has 1 aromatic carbocycles. The molecule has 0 atom stereocenters. The molecule has 0 aliphatic rings. The zero-order chi connectivity index (χ0) is 14.0. The Morgan fingerprint density at radius 3 is 2.44 bits per heavy atom. The predicted octanol–water partition coefficient (Wildman–Crippen LogP) is 2.91. The molecule has 1 rings (SSSR count). The maximum Gasteiger partial charge on any atom is 0.239 e. The van der Waals surface area contributed by atoms with Gasteiger partial charge in [0.25, 0.3) is 0 Å². The average molecular weight is 285 g/mol. The number of benzene rings is 1. The Bertz CT molecular complexity index is 543.